The van der Waals surface area contributed by atoms with Crippen molar-refractivity contribution in [1.82, 2.24) is 0 Å². The Kier molecular flexibility index (Phi) is 12.8. The van der Waals surface area contributed by atoms with Gasteiger partial charge in [-0.3, -0.25) is 0 Å². The highest BCUT2D eigenvalue weighted by Gasteiger charge is 2.23. The Bertz CT molecular complexity index is 600. The number of allylic oxidation sites excluding steroid dienone is 4. The Morgan fingerprint density at radius 3 is 2.57 bits per heavy atom. The highest BCUT2D eigenvalue weighted by molar-refractivity contribution is 7.23. The highest BCUT2D eigenvalue weighted by Crippen LogP contribution is 2.36. The second kappa shape index (κ2) is 13.9. The number of aliphatic hydroxyl groups is 2. The fraction of sp³-hybridized carbons (Fsp3) is 0.778. The van der Waals surface area contributed by atoms with Crippen LogP contribution in [-0.4, -0.2) is 21.9 Å². The maximum absolute atomic E-state index is 10.7. The Morgan fingerprint density at radius 2 is 1.90 bits per heavy atom. The molecule has 0 saturated heterocycles. The summed E-state index contributed by atoms with van der Waals surface area (Å²) in [6, 6.07) is 0. The Labute approximate surface area is 189 Å². The monoisotopic (exact) mass is 436 g/mol. The lowest BCUT2D eigenvalue weighted by Crippen LogP contribution is -2.24. The Morgan fingerprint density at radius 1 is 1.23 bits per heavy atom. The minimum Gasteiger partial charge on any atom is -0.390 e. The molecule has 30 heavy (non-hydrogen) atoms. The average molecular weight is 437 g/mol. The summed E-state index contributed by atoms with van der Waals surface area (Å²) in [6.07, 6.45) is 16.2. The zero-order chi connectivity index (χ0) is 22.7. The molecule has 0 saturated carbocycles. The smallest absolute Gasteiger partial charge is 0.0789 e. The molecule has 0 heterocycles. The summed E-state index contributed by atoms with van der Waals surface area (Å²) in [5, 5.41) is 22.3. The first-order valence-electron chi connectivity index (χ1n) is 12.3. The van der Waals surface area contributed by atoms with Gasteiger partial charge in [0.1, 0.15) is 0 Å². The molecule has 2 nitrogen and oxygen atoms in total. The van der Waals surface area contributed by atoms with Gasteiger partial charge in [0.15, 0.2) is 0 Å². The predicted octanol–water partition coefficient (Wildman–Crippen LogP) is 7.72. The van der Waals surface area contributed by atoms with Crippen LogP contribution < -0.4 is 0 Å². The molecule has 0 aromatic heterocycles. The lowest BCUT2D eigenvalue weighted by molar-refractivity contribution is 0.0365. The minimum absolute atomic E-state index is 0.219. The normalized spacial score (nSPS) is 23.4. The van der Waals surface area contributed by atoms with Gasteiger partial charge in [-0.2, -0.15) is 0 Å². The van der Waals surface area contributed by atoms with Crippen molar-refractivity contribution in [2.24, 2.45) is 11.8 Å². The SMILES string of the molecule is CCCC/C=C(\C)CCCC(C)(O)CCCC(C)CCC1=CC(O)C(C)C(C)=C1P. The third-order valence-corrected chi connectivity index (χ3v) is 7.82. The van der Waals surface area contributed by atoms with Crippen LogP contribution in [0.2, 0.25) is 0 Å². The Balaban J connectivity index is 2.29. The molecule has 3 heteroatoms. The summed E-state index contributed by atoms with van der Waals surface area (Å²) in [6.45, 7) is 13.0. The van der Waals surface area contributed by atoms with E-state index in [0.717, 1.165) is 51.4 Å². The standard InChI is InChI=1S/C27H49O2P/c1-7-8-9-12-20(2)13-10-17-27(6,29)18-11-14-21(3)15-16-24-19-25(28)22(4)23(5)26(24)30/h12,19,21-22,25,28-29H,7-11,13-18,30H2,1-6H3/b20-12+. The maximum Gasteiger partial charge on any atom is 0.0789 e. The van der Waals surface area contributed by atoms with E-state index in [1.54, 1.807) is 0 Å². The zero-order valence-corrected chi connectivity index (χ0v) is 21.8. The van der Waals surface area contributed by atoms with E-state index in [1.807, 2.05) is 6.92 Å². The molecule has 0 aromatic carbocycles. The number of hydrogen-bond donors (Lipinski definition) is 2. The summed E-state index contributed by atoms with van der Waals surface area (Å²) in [7, 11) is 2.88. The minimum atomic E-state index is -0.539. The molecule has 1 rings (SSSR count). The highest BCUT2D eigenvalue weighted by atomic mass is 31.0. The van der Waals surface area contributed by atoms with Crippen LogP contribution in [0.4, 0.5) is 0 Å². The van der Waals surface area contributed by atoms with Crippen molar-refractivity contribution in [1.29, 1.82) is 0 Å². The van der Waals surface area contributed by atoms with Crippen LogP contribution in [-0.2, 0) is 0 Å². The molecule has 0 bridgehead atoms. The van der Waals surface area contributed by atoms with Crippen molar-refractivity contribution in [2.45, 2.75) is 124 Å². The van der Waals surface area contributed by atoms with Crippen molar-refractivity contribution in [3.8, 4) is 0 Å². The summed E-state index contributed by atoms with van der Waals surface area (Å²) in [5.41, 5.74) is 3.53. The second-order valence-corrected chi connectivity index (χ2v) is 10.7. The van der Waals surface area contributed by atoms with E-state index in [0.29, 0.717) is 5.92 Å². The summed E-state index contributed by atoms with van der Waals surface area (Å²) < 4.78 is 0. The largest absolute Gasteiger partial charge is 0.390 e. The molecule has 1 aliphatic rings. The number of hydrogen-bond acceptors (Lipinski definition) is 2. The van der Waals surface area contributed by atoms with Crippen molar-refractivity contribution < 1.29 is 10.2 Å². The van der Waals surface area contributed by atoms with Crippen molar-refractivity contribution in [3.05, 3.63) is 34.2 Å². The van der Waals surface area contributed by atoms with E-state index in [-0.39, 0.29) is 12.0 Å². The van der Waals surface area contributed by atoms with E-state index in [4.69, 9.17) is 0 Å². The van der Waals surface area contributed by atoms with Gasteiger partial charge in [-0.1, -0.05) is 69.8 Å². The first kappa shape index (κ1) is 27.6. The zero-order valence-electron chi connectivity index (χ0n) is 20.6. The van der Waals surface area contributed by atoms with Gasteiger partial charge in [-0.25, -0.2) is 0 Å². The van der Waals surface area contributed by atoms with E-state index < -0.39 is 5.60 Å². The number of rotatable bonds is 14. The number of unbranched alkanes of at least 4 members (excludes halogenated alkanes) is 2. The molecule has 5 unspecified atom stereocenters. The first-order valence-corrected chi connectivity index (χ1v) is 12.9. The average Bonchev–Trinajstić information content (AvgIpc) is 2.68. The fourth-order valence-corrected chi connectivity index (χ4v) is 4.82. The van der Waals surface area contributed by atoms with Gasteiger partial charge < -0.3 is 10.2 Å². The summed E-state index contributed by atoms with van der Waals surface area (Å²) >= 11 is 0. The molecule has 2 N–H and O–H groups in total. The van der Waals surface area contributed by atoms with E-state index in [2.05, 4.69) is 56.0 Å². The lowest BCUT2D eigenvalue weighted by atomic mass is 9.85. The van der Waals surface area contributed by atoms with Gasteiger partial charge in [0, 0.05) is 5.92 Å². The molecular weight excluding hydrogens is 387 g/mol. The quantitative estimate of drug-likeness (QED) is 0.166. The molecule has 0 spiro atoms. The van der Waals surface area contributed by atoms with Crippen molar-refractivity contribution >= 4 is 9.24 Å². The molecule has 1 aliphatic carbocycles. The van der Waals surface area contributed by atoms with Gasteiger partial charge in [-0.15, -0.1) is 9.24 Å². The van der Waals surface area contributed by atoms with Crippen LogP contribution in [0.5, 0.6) is 0 Å². The van der Waals surface area contributed by atoms with Crippen LogP contribution in [0, 0.1) is 11.8 Å². The van der Waals surface area contributed by atoms with Crippen LogP contribution in [0.25, 0.3) is 0 Å². The van der Waals surface area contributed by atoms with Gasteiger partial charge >= 0.3 is 0 Å². The predicted molar refractivity (Wildman–Crippen MR) is 136 cm³/mol. The van der Waals surface area contributed by atoms with Crippen LogP contribution in [0.1, 0.15) is 112 Å². The summed E-state index contributed by atoms with van der Waals surface area (Å²) in [4.78, 5) is 0. The first-order chi connectivity index (χ1) is 14.1. The van der Waals surface area contributed by atoms with E-state index >= 15 is 0 Å². The summed E-state index contributed by atoms with van der Waals surface area (Å²) in [5.74, 6) is 0.858. The number of aliphatic hydroxyl groups excluding tert-OH is 1. The molecule has 0 aromatic rings. The van der Waals surface area contributed by atoms with Crippen LogP contribution >= 0.6 is 9.24 Å². The molecular formula is C27H49O2P. The molecule has 0 fully saturated rings. The van der Waals surface area contributed by atoms with E-state index in [1.165, 1.54) is 41.3 Å². The topological polar surface area (TPSA) is 40.5 Å². The molecule has 0 aliphatic heterocycles. The van der Waals surface area contributed by atoms with Crippen molar-refractivity contribution in [3.63, 3.8) is 0 Å². The fourth-order valence-electron chi connectivity index (χ4n) is 4.32. The molecule has 0 amide bonds. The van der Waals surface area contributed by atoms with Crippen LogP contribution in [0.15, 0.2) is 34.2 Å². The third kappa shape index (κ3) is 10.3. The third-order valence-electron chi connectivity index (χ3n) is 6.99. The van der Waals surface area contributed by atoms with Gasteiger partial charge in [0.05, 0.1) is 11.7 Å². The molecule has 5 atom stereocenters. The second-order valence-electron chi connectivity index (χ2n) is 10.1. The van der Waals surface area contributed by atoms with Gasteiger partial charge in [0.2, 0.25) is 0 Å². The van der Waals surface area contributed by atoms with Crippen molar-refractivity contribution in [2.75, 3.05) is 0 Å². The van der Waals surface area contributed by atoms with Gasteiger partial charge in [-0.05, 0) is 82.5 Å². The molecule has 0 radical (unpaired) electrons. The van der Waals surface area contributed by atoms with Gasteiger partial charge in [0.25, 0.3) is 0 Å². The van der Waals surface area contributed by atoms with E-state index in [9.17, 15) is 10.2 Å². The molecule has 174 valence electrons. The Hall–Kier alpha value is -0.430. The lowest BCUT2D eigenvalue weighted by Gasteiger charge is -2.27. The maximum atomic E-state index is 10.7. The van der Waals surface area contributed by atoms with Crippen LogP contribution in [0.3, 0.4) is 0 Å².